The molecule has 0 aliphatic rings. The Labute approximate surface area is 115 Å². The molecule has 1 aromatic heterocycles. The number of sulfonamides is 1. The second kappa shape index (κ2) is 5.36. The first-order valence-electron chi connectivity index (χ1n) is 5.14. The monoisotopic (exact) mass is 340 g/mol. The molecule has 0 radical (unpaired) electrons. The third kappa shape index (κ3) is 4.33. The number of halogens is 1. The molecule has 1 rings (SSSR count). The van der Waals surface area contributed by atoms with Crippen LogP contribution in [0, 0.1) is 5.41 Å². The van der Waals surface area contributed by atoms with Crippen LogP contribution in [0.2, 0.25) is 0 Å². The summed E-state index contributed by atoms with van der Waals surface area (Å²) in [7, 11) is -3.46. The first kappa shape index (κ1) is 15.1. The molecule has 1 aromatic rings. The zero-order valence-corrected chi connectivity index (χ0v) is 13.3. The molecule has 0 atom stereocenters. The average Bonchev–Trinajstić information content (AvgIpc) is 2.57. The largest absolute Gasteiger partial charge is 0.326 e. The maximum atomic E-state index is 12.1. The van der Waals surface area contributed by atoms with Crippen molar-refractivity contribution in [2.75, 3.05) is 6.54 Å². The third-order valence-corrected chi connectivity index (χ3v) is 5.67. The normalized spacial score (nSPS) is 13.0. The number of nitrogens with two attached hydrogens (primary N) is 1. The van der Waals surface area contributed by atoms with Crippen molar-refractivity contribution >= 4 is 37.3 Å². The summed E-state index contributed by atoms with van der Waals surface area (Å²) in [5.74, 6) is 0. The van der Waals surface area contributed by atoms with Crippen molar-refractivity contribution in [2.45, 2.75) is 32.2 Å². The van der Waals surface area contributed by atoms with Crippen LogP contribution in [0.25, 0.3) is 0 Å². The standard InChI is InChI=1S/C10H17BrN2O2S2/c1-10(2,3)6-13-17(14,15)8-4-7(5-12)16-9(8)11/h4,13H,5-6,12H2,1-3H3. The minimum Gasteiger partial charge on any atom is -0.326 e. The van der Waals surface area contributed by atoms with Crippen LogP contribution in [-0.4, -0.2) is 15.0 Å². The molecule has 0 aromatic carbocycles. The number of rotatable bonds is 4. The predicted octanol–water partition coefficient (Wildman–Crippen LogP) is 2.29. The zero-order valence-electron chi connectivity index (χ0n) is 10.1. The van der Waals surface area contributed by atoms with Crippen LogP contribution in [-0.2, 0) is 16.6 Å². The summed E-state index contributed by atoms with van der Waals surface area (Å²) in [6.45, 7) is 6.67. The van der Waals surface area contributed by atoms with E-state index >= 15 is 0 Å². The lowest BCUT2D eigenvalue weighted by molar-refractivity contribution is 0.407. The van der Waals surface area contributed by atoms with Crippen molar-refractivity contribution in [1.82, 2.24) is 4.72 Å². The van der Waals surface area contributed by atoms with E-state index < -0.39 is 10.0 Å². The van der Waals surface area contributed by atoms with E-state index in [1.165, 1.54) is 11.3 Å². The van der Waals surface area contributed by atoms with Crippen molar-refractivity contribution in [2.24, 2.45) is 11.1 Å². The highest BCUT2D eigenvalue weighted by Gasteiger charge is 2.22. The van der Waals surface area contributed by atoms with E-state index in [2.05, 4.69) is 20.7 Å². The van der Waals surface area contributed by atoms with E-state index in [0.29, 0.717) is 16.9 Å². The van der Waals surface area contributed by atoms with Crippen LogP contribution < -0.4 is 10.5 Å². The van der Waals surface area contributed by atoms with Gasteiger partial charge in [-0.25, -0.2) is 13.1 Å². The second-order valence-corrected chi connectivity index (χ2v) is 9.13. The van der Waals surface area contributed by atoms with Gasteiger partial charge in [0.05, 0.1) is 3.79 Å². The van der Waals surface area contributed by atoms with Crippen LogP contribution in [0.5, 0.6) is 0 Å². The molecule has 17 heavy (non-hydrogen) atoms. The molecule has 7 heteroatoms. The topological polar surface area (TPSA) is 72.2 Å². The summed E-state index contributed by atoms with van der Waals surface area (Å²) >= 11 is 4.61. The van der Waals surface area contributed by atoms with Crippen molar-refractivity contribution in [3.8, 4) is 0 Å². The van der Waals surface area contributed by atoms with Gasteiger partial charge in [-0.3, -0.25) is 0 Å². The van der Waals surface area contributed by atoms with Gasteiger partial charge in [-0.2, -0.15) is 0 Å². The average molecular weight is 341 g/mol. The van der Waals surface area contributed by atoms with Gasteiger partial charge >= 0.3 is 0 Å². The molecule has 4 nitrogen and oxygen atoms in total. The summed E-state index contributed by atoms with van der Waals surface area (Å²) in [5.41, 5.74) is 5.40. The van der Waals surface area contributed by atoms with Gasteiger partial charge in [-0.05, 0) is 27.4 Å². The van der Waals surface area contributed by atoms with Gasteiger partial charge in [-0.1, -0.05) is 20.8 Å². The van der Waals surface area contributed by atoms with Gasteiger partial charge in [-0.15, -0.1) is 11.3 Å². The van der Waals surface area contributed by atoms with Crippen molar-refractivity contribution in [3.63, 3.8) is 0 Å². The van der Waals surface area contributed by atoms with E-state index in [9.17, 15) is 8.42 Å². The molecule has 0 spiro atoms. The maximum Gasteiger partial charge on any atom is 0.242 e. The van der Waals surface area contributed by atoms with Crippen molar-refractivity contribution in [1.29, 1.82) is 0 Å². The molecule has 0 saturated heterocycles. The Morgan fingerprint density at radius 3 is 2.47 bits per heavy atom. The predicted molar refractivity (Wildman–Crippen MR) is 74.6 cm³/mol. The Hall–Kier alpha value is 0.0500. The summed E-state index contributed by atoms with van der Waals surface area (Å²) in [5, 5.41) is 0. The Morgan fingerprint density at radius 1 is 1.47 bits per heavy atom. The molecule has 0 unspecified atom stereocenters. The van der Waals surface area contributed by atoms with E-state index in [4.69, 9.17) is 5.73 Å². The number of hydrogen-bond acceptors (Lipinski definition) is 4. The molecule has 0 aliphatic heterocycles. The molecular formula is C10H17BrN2O2S2. The van der Waals surface area contributed by atoms with Gasteiger partial charge < -0.3 is 5.73 Å². The van der Waals surface area contributed by atoms with Gasteiger partial charge in [0.2, 0.25) is 10.0 Å². The third-order valence-electron chi connectivity index (χ3n) is 1.99. The van der Waals surface area contributed by atoms with Crippen molar-refractivity contribution in [3.05, 3.63) is 14.7 Å². The van der Waals surface area contributed by atoms with E-state index in [1.807, 2.05) is 20.8 Å². The second-order valence-electron chi connectivity index (χ2n) is 4.94. The number of hydrogen-bond donors (Lipinski definition) is 2. The smallest absolute Gasteiger partial charge is 0.242 e. The lowest BCUT2D eigenvalue weighted by atomic mass is 9.98. The molecule has 1 heterocycles. The van der Waals surface area contributed by atoms with Crippen molar-refractivity contribution < 1.29 is 8.42 Å². The minimum absolute atomic E-state index is 0.0910. The van der Waals surface area contributed by atoms with Gasteiger partial charge in [0.15, 0.2) is 0 Å². The Balaban J connectivity index is 2.93. The lowest BCUT2D eigenvalue weighted by Gasteiger charge is -2.18. The quantitative estimate of drug-likeness (QED) is 0.883. The first-order valence-corrected chi connectivity index (χ1v) is 8.23. The molecular weight excluding hydrogens is 324 g/mol. The SMILES string of the molecule is CC(C)(C)CNS(=O)(=O)c1cc(CN)sc1Br. The summed E-state index contributed by atoms with van der Waals surface area (Å²) in [4.78, 5) is 1.11. The fraction of sp³-hybridized carbons (Fsp3) is 0.600. The molecule has 0 amide bonds. The van der Waals surface area contributed by atoms with Crippen LogP contribution in [0.3, 0.4) is 0 Å². The highest BCUT2D eigenvalue weighted by molar-refractivity contribution is 9.11. The van der Waals surface area contributed by atoms with Gasteiger partial charge in [0.25, 0.3) is 0 Å². The van der Waals surface area contributed by atoms with Crippen LogP contribution in [0.1, 0.15) is 25.6 Å². The summed E-state index contributed by atoms with van der Waals surface area (Å²) < 4.78 is 27.3. The molecule has 3 N–H and O–H groups in total. The fourth-order valence-electron chi connectivity index (χ4n) is 1.07. The minimum atomic E-state index is -3.46. The Bertz CT molecular complexity index is 489. The highest BCUT2D eigenvalue weighted by atomic mass is 79.9. The molecule has 0 saturated carbocycles. The summed E-state index contributed by atoms with van der Waals surface area (Å²) in [6, 6.07) is 1.61. The Kier molecular flexibility index (Phi) is 4.76. The molecule has 0 fully saturated rings. The van der Waals surface area contributed by atoms with Crippen LogP contribution >= 0.6 is 27.3 Å². The first-order chi connectivity index (χ1) is 7.65. The number of thiophene rings is 1. The van der Waals surface area contributed by atoms with Crippen LogP contribution in [0.4, 0.5) is 0 Å². The van der Waals surface area contributed by atoms with Gasteiger partial charge in [0, 0.05) is 18.0 Å². The van der Waals surface area contributed by atoms with E-state index in [1.54, 1.807) is 6.07 Å². The number of nitrogens with one attached hydrogen (secondary N) is 1. The maximum absolute atomic E-state index is 12.1. The lowest BCUT2D eigenvalue weighted by Crippen LogP contribution is -2.32. The molecule has 98 valence electrons. The fourth-order valence-corrected chi connectivity index (χ4v) is 4.91. The van der Waals surface area contributed by atoms with E-state index in [-0.39, 0.29) is 10.3 Å². The van der Waals surface area contributed by atoms with E-state index in [0.717, 1.165) is 4.88 Å². The van der Waals surface area contributed by atoms with Gasteiger partial charge in [0.1, 0.15) is 4.90 Å². The molecule has 0 aliphatic carbocycles. The van der Waals surface area contributed by atoms with Crippen LogP contribution in [0.15, 0.2) is 14.7 Å². The zero-order chi connectivity index (χ0) is 13.3. The molecule has 0 bridgehead atoms. The summed E-state index contributed by atoms with van der Waals surface area (Å²) in [6.07, 6.45) is 0. The Morgan fingerprint density at radius 2 is 2.06 bits per heavy atom. The highest BCUT2D eigenvalue weighted by Crippen LogP contribution is 2.31.